The van der Waals surface area contributed by atoms with Gasteiger partial charge in [0, 0.05) is 49.8 Å². The largest absolute Gasteiger partial charge is 0.417 e. The van der Waals surface area contributed by atoms with Gasteiger partial charge in [-0.1, -0.05) is 32.0 Å². The molecule has 0 fully saturated rings. The molecule has 0 atom stereocenters. The number of anilines is 3. The number of carbonyl (C=O) groups excluding carboxylic acids is 2. The Kier molecular flexibility index (Phi) is 9.93. The zero-order valence-electron chi connectivity index (χ0n) is 25.1. The SMILES string of the molecule is CCc1cccc(CC)c1NC(=O)Oc1cc(-c2ccnc(Nc3ccc(C(=O)NCCN(C)C)cc3C)n2)n(C)c1. The normalized spacial score (nSPS) is 10.9. The Morgan fingerprint density at radius 2 is 1.76 bits per heavy atom. The first-order valence-electron chi connectivity index (χ1n) is 14.1. The number of benzene rings is 2. The van der Waals surface area contributed by atoms with Gasteiger partial charge >= 0.3 is 6.09 Å². The molecule has 0 bridgehead atoms. The van der Waals surface area contributed by atoms with E-state index in [0.29, 0.717) is 29.5 Å². The second-order valence-electron chi connectivity index (χ2n) is 10.3. The van der Waals surface area contributed by atoms with Crippen LogP contribution in [0.1, 0.15) is 40.9 Å². The highest BCUT2D eigenvalue weighted by Gasteiger charge is 2.15. The molecular weight excluding hydrogens is 530 g/mol. The Morgan fingerprint density at radius 1 is 1.02 bits per heavy atom. The molecule has 0 aliphatic carbocycles. The van der Waals surface area contributed by atoms with Gasteiger partial charge in [0.1, 0.15) is 0 Å². The topological polar surface area (TPSA) is 113 Å². The van der Waals surface area contributed by atoms with E-state index in [-0.39, 0.29) is 5.91 Å². The summed E-state index contributed by atoms with van der Waals surface area (Å²) in [6.07, 6.45) is 4.47. The van der Waals surface area contributed by atoms with Crippen molar-refractivity contribution >= 4 is 29.3 Å². The van der Waals surface area contributed by atoms with E-state index in [4.69, 9.17) is 4.74 Å². The van der Waals surface area contributed by atoms with Gasteiger partial charge in [0.2, 0.25) is 5.95 Å². The smallest absolute Gasteiger partial charge is 0.408 e. The van der Waals surface area contributed by atoms with Crippen molar-refractivity contribution in [1.82, 2.24) is 24.8 Å². The molecule has 0 aliphatic heterocycles. The van der Waals surface area contributed by atoms with Crippen molar-refractivity contribution in [3.63, 3.8) is 0 Å². The Morgan fingerprint density at radius 3 is 2.43 bits per heavy atom. The summed E-state index contributed by atoms with van der Waals surface area (Å²) >= 11 is 0. The van der Waals surface area contributed by atoms with Crippen molar-refractivity contribution in [3.8, 4) is 17.1 Å². The Bertz CT molecular complexity index is 1540. The average Bonchev–Trinajstić information content (AvgIpc) is 3.33. The van der Waals surface area contributed by atoms with Gasteiger partial charge in [-0.2, -0.15) is 0 Å². The summed E-state index contributed by atoms with van der Waals surface area (Å²) in [6, 6.07) is 15.1. The predicted molar refractivity (Wildman–Crippen MR) is 167 cm³/mol. The summed E-state index contributed by atoms with van der Waals surface area (Å²) in [4.78, 5) is 36.4. The number of hydrogen-bond donors (Lipinski definition) is 3. The minimum atomic E-state index is -0.543. The second-order valence-corrected chi connectivity index (χ2v) is 10.3. The molecule has 2 amide bonds. The number of carbonyl (C=O) groups is 2. The molecule has 2 aromatic carbocycles. The predicted octanol–water partition coefficient (Wildman–Crippen LogP) is 5.56. The number of para-hydroxylation sites is 1. The van der Waals surface area contributed by atoms with E-state index in [1.165, 1.54) is 0 Å². The van der Waals surface area contributed by atoms with Crippen molar-refractivity contribution in [1.29, 1.82) is 0 Å². The summed E-state index contributed by atoms with van der Waals surface area (Å²) in [5.41, 5.74) is 6.63. The van der Waals surface area contributed by atoms with Crippen molar-refractivity contribution in [3.05, 3.63) is 83.2 Å². The molecule has 42 heavy (non-hydrogen) atoms. The zero-order chi connectivity index (χ0) is 30.2. The van der Waals surface area contributed by atoms with Gasteiger partial charge in [-0.15, -0.1) is 0 Å². The molecule has 0 spiro atoms. The van der Waals surface area contributed by atoms with Crippen LogP contribution in [-0.4, -0.2) is 58.6 Å². The van der Waals surface area contributed by atoms with Crippen LogP contribution >= 0.6 is 0 Å². The van der Waals surface area contributed by atoms with Gasteiger partial charge in [-0.3, -0.25) is 10.1 Å². The summed E-state index contributed by atoms with van der Waals surface area (Å²) in [6.45, 7) is 7.39. The van der Waals surface area contributed by atoms with Crippen LogP contribution in [0.5, 0.6) is 5.75 Å². The standard InChI is InChI=1S/C32H39N7O3/c1-7-22-10-9-11-23(8-2)29(22)37-32(41)42-25-19-28(39(6)20-25)27-14-15-34-31(36-27)35-26-13-12-24(18-21(26)3)30(40)33-16-17-38(4)5/h9-15,18-20H,7-8,16-17H2,1-6H3,(H,33,40)(H,37,41)(H,34,35,36). The van der Waals surface area contributed by atoms with E-state index < -0.39 is 6.09 Å². The van der Waals surface area contributed by atoms with Gasteiger partial charge in [-0.05, 0) is 74.8 Å². The fourth-order valence-electron chi connectivity index (χ4n) is 4.60. The summed E-state index contributed by atoms with van der Waals surface area (Å²) in [5.74, 6) is 0.699. The summed E-state index contributed by atoms with van der Waals surface area (Å²) in [5, 5.41) is 9.11. The maximum atomic E-state index is 12.8. The molecule has 2 heterocycles. The molecule has 10 heteroatoms. The van der Waals surface area contributed by atoms with Crippen LogP contribution in [-0.2, 0) is 19.9 Å². The van der Waals surface area contributed by atoms with Gasteiger partial charge in [-0.25, -0.2) is 14.8 Å². The fraction of sp³-hybridized carbons (Fsp3) is 0.312. The highest BCUT2D eigenvalue weighted by Crippen LogP contribution is 2.27. The first kappa shape index (κ1) is 30.3. The highest BCUT2D eigenvalue weighted by atomic mass is 16.6. The number of nitrogens with one attached hydrogen (secondary N) is 3. The van der Waals surface area contributed by atoms with Crippen molar-refractivity contribution in [2.75, 3.05) is 37.8 Å². The minimum absolute atomic E-state index is 0.111. The summed E-state index contributed by atoms with van der Waals surface area (Å²) < 4.78 is 7.49. The average molecular weight is 570 g/mol. The van der Waals surface area contributed by atoms with Crippen LogP contribution in [0.2, 0.25) is 0 Å². The van der Waals surface area contributed by atoms with E-state index in [1.807, 2.05) is 67.9 Å². The lowest BCUT2D eigenvalue weighted by atomic mass is 10.0. The first-order chi connectivity index (χ1) is 20.2. The Balaban J connectivity index is 1.44. The van der Waals surface area contributed by atoms with Crippen LogP contribution < -0.4 is 20.7 Å². The van der Waals surface area contributed by atoms with Crippen LogP contribution in [0.4, 0.5) is 22.1 Å². The number of amides is 2. The number of aryl methyl sites for hydroxylation is 4. The number of rotatable bonds is 11. The molecular formula is C32H39N7O3. The minimum Gasteiger partial charge on any atom is -0.408 e. The zero-order valence-corrected chi connectivity index (χ0v) is 25.1. The molecule has 3 N–H and O–H groups in total. The van der Waals surface area contributed by atoms with E-state index >= 15 is 0 Å². The Labute approximate surface area is 247 Å². The summed E-state index contributed by atoms with van der Waals surface area (Å²) in [7, 11) is 5.80. The molecule has 2 aromatic heterocycles. The molecule has 220 valence electrons. The van der Waals surface area contributed by atoms with Crippen molar-refractivity contribution < 1.29 is 14.3 Å². The van der Waals surface area contributed by atoms with Gasteiger partial charge in [0.25, 0.3) is 5.91 Å². The van der Waals surface area contributed by atoms with E-state index in [9.17, 15) is 9.59 Å². The number of aromatic nitrogens is 3. The number of hydrogen-bond acceptors (Lipinski definition) is 7. The molecule has 0 radical (unpaired) electrons. The Hall–Kier alpha value is -4.70. The third kappa shape index (κ3) is 7.52. The highest BCUT2D eigenvalue weighted by molar-refractivity contribution is 5.95. The third-order valence-electron chi connectivity index (χ3n) is 6.91. The van der Waals surface area contributed by atoms with Gasteiger partial charge in [0.05, 0.1) is 17.1 Å². The van der Waals surface area contributed by atoms with Gasteiger partial charge in [0.15, 0.2) is 5.75 Å². The van der Waals surface area contributed by atoms with E-state index in [1.54, 1.807) is 30.6 Å². The molecule has 0 saturated heterocycles. The lowest BCUT2D eigenvalue weighted by molar-refractivity contribution is 0.0951. The third-order valence-corrected chi connectivity index (χ3v) is 6.91. The quantitative estimate of drug-likeness (QED) is 0.217. The molecule has 4 aromatic rings. The van der Waals surface area contributed by atoms with E-state index in [0.717, 1.165) is 53.1 Å². The second kappa shape index (κ2) is 13.8. The number of nitrogens with zero attached hydrogens (tertiary/aromatic N) is 4. The molecule has 0 saturated carbocycles. The van der Waals surface area contributed by atoms with Crippen molar-refractivity contribution in [2.24, 2.45) is 7.05 Å². The number of ether oxygens (including phenoxy) is 1. The van der Waals surface area contributed by atoms with Crippen LogP contribution in [0, 0.1) is 6.92 Å². The van der Waals surface area contributed by atoms with E-state index in [2.05, 4.69) is 39.8 Å². The lowest BCUT2D eigenvalue weighted by Gasteiger charge is -2.13. The maximum absolute atomic E-state index is 12.8. The van der Waals surface area contributed by atoms with Crippen LogP contribution in [0.25, 0.3) is 11.4 Å². The van der Waals surface area contributed by atoms with Gasteiger partial charge < -0.3 is 24.8 Å². The molecule has 0 unspecified atom stereocenters. The fourth-order valence-corrected chi connectivity index (χ4v) is 4.60. The monoisotopic (exact) mass is 569 g/mol. The van der Waals surface area contributed by atoms with Crippen LogP contribution in [0.3, 0.4) is 0 Å². The molecule has 10 nitrogen and oxygen atoms in total. The maximum Gasteiger partial charge on any atom is 0.417 e. The van der Waals surface area contributed by atoms with Crippen LogP contribution in [0.15, 0.2) is 60.9 Å². The molecule has 4 rings (SSSR count). The first-order valence-corrected chi connectivity index (χ1v) is 14.1. The number of likely N-dealkylation sites (N-methyl/N-ethyl adjacent to an activating group) is 1. The molecule has 0 aliphatic rings. The van der Waals surface area contributed by atoms with Crippen molar-refractivity contribution in [2.45, 2.75) is 33.6 Å². The lowest BCUT2D eigenvalue weighted by Crippen LogP contribution is -2.31.